The van der Waals surface area contributed by atoms with Gasteiger partial charge >= 0.3 is 17.1 Å². The van der Waals surface area contributed by atoms with E-state index < -0.39 is 0 Å². The summed E-state index contributed by atoms with van der Waals surface area (Å²) in [5, 5.41) is 1.11. The monoisotopic (exact) mass is 180 g/mol. The van der Waals surface area contributed by atoms with Crippen LogP contribution in [-0.4, -0.2) is 0 Å². The second-order valence-corrected chi connectivity index (χ2v) is 1.90. The van der Waals surface area contributed by atoms with E-state index in [9.17, 15) is 0 Å². The van der Waals surface area contributed by atoms with Crippen molar-refractivity contribution in [3.63, 3.8) is 0 Å². The molecular weight excluding hydrogens is 176 g/mol. The zero-order valence-electron chi connectivity index (χ0n) is 5.10. The van der Waals surface area contributed by atoms with Gasteiger partial charge in [0.25, 0.3) is 0 Å². The third kappa shape index (κ3) is 1.08. The van der Waals surface area contributed by atoms with Crippen LogP contribution in [0.4, 0.5) is 0 Å². The predicted octanol–water partition coefficient (Wildman–Crippen LogP) is 2.23. The van der Waals surface area contributed by atoms with Gasteiger partial charge in [-0.15, -0.1) is 17.5 Å². The molecule has 0 saturated heterocycles. The van der Waals surface area contributed by atoms with E-state index in [4.69, 9.17) is 4.42 Å². The van der Waals surface area contributed by atoms with Crippen LogP contribution >= 0.6 is 0 Å². The number of hydrogen-bond donors (Lipinski definition) is 0. The third-order valence-electron chi connectivity index (χ3n) is 1.30. The molecule has 0 N–H and O–H groups in total. The molecule has 2 heteroatoms. The minimum Gasteiger partial charge on any atom is -0.591 e. The summed E-state index contributed by atoms with van der Waals surface area (Å²) < 4.78 is 4.99. The van der Waals surface area contributed by atoms with Crippen molar-refractivity contribution in [1.29, 1.82) is 0 Å². The van der Waals surface area contributed by atoms with Crippen LogP contribution in [-0.2, 0) is 17.1 Å². The first-order valence-electron chi connectivity index (χ1n) is 2.81. The minimum atomic E-state index is 0. The number of rotatable bonds is 0. The molecule has 0 radical (unpaired) electrons. The number of hydrogen-bond acceptors (Lipinski definition) is 1. The van der Waals surface area contributed by atoms with Crippen LogP contribution in [0.15, 0.2) is 34.7 Å². The van der Waals surface area contributed by atoms with Crippen LogP contribution in [0, 0.1) is 6.26 Å². The molecule has 0 amide bonds. The summed E-state index contributed by atoms with van der Waals surface area (Å²) in [6.07, 6.45) is 2.66. The Morgan fingerprint density at radius 1 is 1.20 bits per heavy atom. The van der Waals surface area contributed by atoms with E-state index >= 15 is 0 Å². The van der Waals surface area contributed by atoms with Crippen molar-refractivity contribution in [3.8, 4) is 0 Å². The third-order valence-corrected chi connectivity index (χ3v) is 1.30. The SMILES string of the molecule is [Cu+].[c-]1cc2ccccc2o1. The van der Waals surface area contributed by atoms with E-state index in [0.717, 1.165) is 11.0 Å². The van der Waals surface area contributed by atoms with Crippen LogP contribution < -0.4 is 0 Å². The van der Waals surface area contributed by atoms with Gasteiger partial charge in [-0.1, -0.05) is 18.2 Å². The van der Waals surface area contributed by atoms with E-state index in [1.54, 1.807) is 0 Å². The Bertz CT molecular complexity index is 283. The van der Waals surface area contributed by atoms with Crippen LogP contribution in [0.25, 0.3) is 11.0 Å². The molecule has 0 unspecified atom stereocenters. The average molecular weight is 181 g/mol. The van der Waals surface area contributed by atoms with Crippen molar-refractivity contribution < 1.29 is 21.5 Å². The van der Waals surface area contributed by atoms with Gasteiger partial charge in [-0.2, -0.15) is 0 Å². The fourth-order valence-corrected chi connectivity index (χ4v) is 0.849. The van der Waals surface area contributed by atoms with Crippen molar-refractivity contribution in [3.05, 3.63) is 36.6 Å². The Morgan fingerprint density at radius 3 is 2.80 bits per heavy atom. The predicted molar refractivity (Wildman–Crippen MR) is 35.1 cm³/mol. The van der Waals surface area contributed by atoms with Crippen molar-refractivity contribution in [2.75, 3.05) is 0 Å². The second-order valence-electron chi connectivity index (χ2n) is 1.90. The molecule has 2 aromatic rings. The summed E-state index contributed by atoms with van der Waals surface area (Å²) in [5.74, 6) is 0. The maximum Gasteiger partial charge on any atom is 1.00 e. The largest absolute Gasteiger partial charge is 1.00 e. The standard InChI is InChI=1S/C8H5O.Cu/c1-2-4-8-7(3-1)5-6-9-8;/h1-5H;/q-1;+1. The van der Waals surface area contributed by atoms with E-state index in [1.165, 1.54) is 0 Å². The van der Waals surface area contributed by atoms with Gasteiger partial charge in [0.1, 0.15) is 0 Å². The molecule has 0 bridgehead atoms. The molecule has 54 valence electrons. The molecule has 0 aliphatic heterocycles. The first-order valence-corrected chi connectivity index (χ1v) is 2.81. The molecule has 1 aromatic carbocycles. The molecule has 1 aromatic heterocycles. The molecule has 10 heavy (non-hydrogen) atoms. The maximum absolute atomic E-state index is 4.99. The summed E-state index contributed by atoms with van der Waals surface area (Å²) in [6, 6.07) is 9.67. The summed E-state index contributed by atoms with van der Waals surface area (Å²) in [7, 11) is 0. The molecule has 0 atom stereocenters. The van der Waals surface area contributed by atoms with Crippen molar-refractivity contribution in [2.24, 2.45) is 0 Å². The smallest absolute Gasteiger partial charge is 0.591 e. The zero-order chi connectivity index (χ0) is 6.10. The first-order chi connectivity index (χ1) is 4.47. The summed E-state index contributed by atoms with van der Waals surface area (Å²) in [6.45, 7) is 0. The van der Waals surface area contributed by atoms with E-state index in [1.807, 2.05) is 30.3 Å². The van der Waals surface area contributed by atoms with Crippen LogP contribution in [0.2, 0.25) is 0 Å². The Morgan fingerprint density at radius 2 is 2.00 bits per heavy atom. The van der Waals surface area contributed by atoms with Gasteiger partial charge in [0.05, 0.1) is 0 Å². The van der Waals surface area contributed by atoms with E-state index in [2.05, 4.69) is 6.26 Å². The molecule has 0 spiro atoms. The fourth-order valence-electron chi connectivity index (χ4n) is 0.849. The topological polar surface area (TPSA) is 13.1 Å². The van der Waals surface area contributed by atoms with Crippen LogP contribution in [0.1, 0.15) is 0 Å². The molecular formula is C8H5CuO. The van der Waals surface area contributed by atoms with Crippen LogP contribution in [0.3, 0.4) is 0 Å². The zero-order valence-corrected chi connectivity index (χ0v) is 6.04. The van der Waals surface area contributed by atoms with Gasteiger partial charge in [-0.05, 0) is 11.8 Å². The molecule has 0 saturated carbocycles. The number of fused-ring (bicyclic) bond motifs is 1. The van der Waals surface area contributed by atoms with Crippen molar-refractivity contribution in [1.82, 2.24) is 0 Å². The first kappa shape index (κ1) is 7.39. The molecule has 0 fully saturated rings. The molecule has 2 rings (SSSR count). The molecule has 1 nitrogen and oxygen atoms in total. The minimum absolute atomic E-state index is 0. The molecule has 0 aliphatic rings. The van der Waals surface area contributed by atoms with Gasteiger partial charge in [0.2, 0.25) is 0 Å². The Balaban J connectivity index is 0.000000500. The Kier molecular flexibility index (Phi) is 2.15. The van der Waals surface area contributed by atoms with Gasteiger partial charge in [0.15, 0.2) is 0 Å². The fraction of sp³-hybridized carbons (Fsp3) is 0. The van der Waals surface area contributed by atoms with Gasteiger partial charge in [-0.25, -0.2) is 0 Å². The van der Waals surface area contributed by atoms with E-state index in [0.29, 0.717) is 0 Å². The number of para-hydroxylation sites is 1. The summed E-state index contributed by atoms with van der Waals surface area (Å²) >= 11 is 0. The number of benzene rings is 1. The van der Waals surface area contributed by atoms with Gasteiger partial charge in [0, 0.05) is 0 Å². The Labute approximate surface area is 69.5 Å². The van der Waals surface area contributed by atoms with Crippen molar-refractivity contribution in [2.45, 2.75) is 0 Å². The second kappa shape index (κ2) is 2.91. The number of furan rings is 1. The average Bonchev–Trinajstić information content (AvgIpc) is 2.33. The molecule has 0 aliphatic carbocycles. The van der Waals surface area contributed by atoms with Gasteiger partial charge < -0.3 is 4.42 Å². The summed E-state index contributed by atoms with van der Waals surface area (Å²) in [5.41, 5.74) is 0.900. The maximum atomic E-state index is 4.99. The normalized spacial score (nSPS) is 9.20. The summed E-state index contributed by atoms with van der Waals surface area (Å²) in [4.78, 5) is 0. The van der Waals surface area contributed by atoms with Gasteiger partial charge in [-0.3, -0.25) is 0 Å². The van der Waals surface area contributed by atoms with Crippen molar-refractivity contribution >= 4 is 11.0 Å². The van der Waals surface area contributed by atoms with Crippen LogP contribution in [0.5, 0.6) is 0 Å². The molecule has 1 heterocycles. The Hall–Kier alpha value is -0.721. The quantitative estimate of drug-likeness (QED) is 0.448. The van der Waals surface area contributed by atoms with E-state index in [-0.39, 0.29) is 17.1 Å².